The summed E-state index contributed by atoms with van der Waals surface area (Å²) in [4.78, 5) is 11.2. The smallest absolute Gasteiger partial charge is 0.152 e. The van der Waals surface area contributed by atoms with E-state index < -0.39 is 0 Å². The summed E-state index contributed by atoms with van der Waals surface area (Å²) in [6.07, 6.45) is 9.32. The van der Waals surface area contributed by atoms with Crippen LogP contribution in [0.3, 0.4) is 0 Å². The van der Waals surface area contributed by atoms with Crippen LogP contribution in [-0.2, 0) is 17.6 Å². The number of aryl methyl sites for hydroxylation is 1. The number of allylic oxidation sites excluding steroid dienone is 1. The first-order valence-corrected chi connectivity index (χ1v) is 8.73. The molecule has 124 valence electrons. The van der Waals surface area contributed by atoms with Crippen molar-refractivity contribution in [1.82, 2.24) is 0 Å². The Morgan fingerprint density at radius 2 is 1.96 bits per heavy atom. The number of ketones is 1. The number of hydrogen-bond acceptors (Lipinski definition) is 2. The fraction of sp³-hybridized carbons (Fsp3) is 0.318. The van der Waals surface area contributed by atoms with Crippen LogP contribution < -0.4 is 4.74 Å². The molecule has 0 amide bonds. The fourth-order valence-electron chi connectivity index (χ4n) is 3.23. The molecule has 0 fully saturated rings. The highest BCUT2D eigenvalue weighted by Crippen LogP contribution is 2.33. The Labute approximate surface area is 144 Å². The third-order valence-electron chi connectivity index (χ3n) is 4.48. The topological polar surface area (TPSA) is 26.3 Å². The molecular weight excluding hydrogens is 296 g/mol. The standard InChI is InChI=1S/C22H24O2/c1-17(23)14-15-19-11-7-13-22-21(19)16-20(24-22)12-6-5-10-18-8-3-2-4-9-18/h2-4,7-9,11,13-15,20H,5-6,10,12,16H2,1H3/b15-14+/t20-/m1/s1. The Balaban J connectivity index is 1.51. The lowest BCUT2D eigenvalue weighted by Crippen LogP contribution is -2.12. The van der Waals surface area contributed by atoms with Crippen LogP contribution in [0.25, 0.3) is 6.08 Å². The average molecular weight is 320 g/mol. The summed E-state index contributed by atoms with van der Waals surface area (Å²) in [7, 11) is 0. The van der Waals surface area contributed by atoms with Crippen molar-refractivity contribution in [3.63, 3.8) is 0 Å². The lowest BCUT2D eigenvalue weighted by Gasteiger charge is -2.10. The second-order valence-electron chi connectivity index (χ2n) is 6.44. The van der Waals surface area contributed by atoms with Crippen LogP contribution in [-0.4, -0.2) is 11.9 Å². The minimum Gasteiger partial charge on any atom is -0.490 e. The van der Waals surface area contributed by atoms with Gasteiger partial charge in [-0.15, -0.1) is 0 Å². The van der Waals surface area contributed by atoms with Gasteiger partial charge in [-0.2, -0.15) is 0 Å². The number of ether oxygens (including phenoxy) is 1. The summed E-state index contributed by atoms with van der Waals surface area (Å²) >= 11 is 0. The molecule has 1 aliphatic heterocycles. The van der Waals surface area contributed by atoms with Crippen LogP contribution in [0.2, 0.25) is 0 Å². The van der Waals surface area contributed by atoms with Gasteiger partial charge in [-0.25, -0.2) is 0 Å². The Hall–Kier alpha value is -2.35. The average Bonchev–Trinajstić information content (AvgIpc) is 3.01. The van der Waals surface area contributed by atoms with Crippen molar-refractivity contribution in [2.45, 2.75) is 45.1 Å². The normalized spacial score (nSPS) is 16.1. The summed E-state index contributed by atoms with van der Waals surface area (Å²) in [5.41, 5.74) is 3.75. The van der Waals surface area contributed by atoms with Gasteiger partial charge >= 0.3 is 0 Å². The number of carbonyl (C=O) groups excluding carboxylic acids is 1. The van der Waals surface area contributed by atoms with E-state index in [0.29, 0.717) is 0 Å². The molecule has 0 saturated heterocycles. The Kier molecular flexibility index (Phi) is 5.47. The van der Waals surface area contributed by atoms with Crippen molar-refractivity contribution >= 4 is 11.9 Å². The Morgan fingerprint density at radius 3 is 2.75 bits per heavy atom. The predicted molar refractivity (Wildman–Crippen MR) is 98.3 cm³/mol. The van der Waals surface area contributed by atoms with Gasteiger partial charge < -0.3 is 4.74 Å². The maximum atomic E-state index is 11.2. The molecule has 0 bridgehead atoms. The van der Waals surface area contributed by atoms with Gasteiger partial charge in [0.2, 0.25) is 0 Å². The van der Waals surface area contributed by atoms with E-state index in [-0.39, 0.29) is 11.9 Å². The van der Waals surface area contributed by atoms with Gasteiger partial charge in [0, 0.05) is 12.0 Å². The molecular formula is C22H24O2. The van der Waals surface area contributed by atoms with E-state index in [2.05, 4.69) is 36.4 Å². The first-order valence-electron chi connectivity index (χ1n) is 8.73. The molecule has 3 rings (SSSR count). The summed E-state index contributed by atoms with van der Waals surface area (Å²) in [6.45, 7) is 1.58. The van der Waals surface area contributed by atoms with E-state index in [0.717, 1.165) is 30.6 Å². The van der Waals surface area contributed by atoms with E-state index >= 15 is 0 Å². The molecule has 0 N–H and O–H groups in total. The van der Waals surface area contributed by atoms with Crippen molar-refractivity contribution in [2.75, 3.05) is 0 Å². The number of rotatable bonds is 7. The molecule has 1 atom stereocenters. The predicted octanol–water partition coefficient (Wildman–Crippen LogP) is 5.01. The summed E-state index contributed by atoms with van der Waals surface area (Å²) < 4.78 is 6.09. The number of benzene rings is 2. The van der Waals surface area contributed by atoms with Crippen LogP contribution in [0.4, 0.5) is 0 Å². The Morgan fingerprint density at radius 1 is 1.12 bits per heavy atom. The van der Waals surface area contributed by atoms with Crippen molar-refractivity contribution in [3.05, 3.63) is 71.3 Å². The number of unbranched alkanes of at least 4 members (excludes halogenated alkanes) is 1. The molecule has 1 heterocycles. The minimum absolute atomic E-state index is 0.0731. The van der Waals surface area contributed by atoms with E-state index in [1.165, 1.54) is 24.0 Å². The molecule has 24 heavy (non-hydrogen) atoms. The lowest BCUT2D eigenvalue weighted by molar-refractivity contribution is -0.112. The molecule has 0 radical (unpaired) electrons. The van der Waals surface area contributed by atoms with Gasteiger partial charge in [-0.3, -0.25) is 4.79 Å². The number of hydrogen-bond donors (Lipinski definition) is 0. The second kappa shape index (κ2) is 7.96. The molecule has 0 aromatic heterocycles. The summed E-state index contributed by atoms with van der Waals surface area (Å²) in [5, 5.41) is 0. The second-order valence-corrected chi connectivity index (χ2v) is 6.44. The van der Waals surface area contributed by atoms with Crippen molar-refractivity contribution in [3.8, 4) is 5.75 Å². The van der Waals surface area contributed by atoms with E-state index in [9.17, 15) is 4.79 Å². The molecule has 0 unspecified atom stereocenters. The summed E-state index contributed by atoms with van der Waals surface area (Å²) in [6, 6.07) is 16.7. The molecule has 2 nitrogen and oxygen atoms in total. The molecule has 0 saturated carbocycles. The first-order chi connectivity index (χ1) is 11.7. The largest absolute Gasteiger partial charge is 0.490 e. The molecule has 0 spiro atoms. The molecule has 1 aliphatic rings. The van der Waals surface area contributed by atoms with Crippen LogP contribution in [0.15, 0.2) is 54.6 Å². The van der Waals surface area contributed by atoms with Crippen LogP contribution in [0.1, 0.15) is 42.9 Å². The van der Waals surface area contributed by atoms with Gasteiger partial charge in [0.15, 0.2) is 5.78 Å². The highest BCUT2D eigenvalue weighted by Gasteiger charge is 2.23. The van der Waals surface area contributed by atoms with E-state index in [1.54, 1.807) is 13.0 Å². The zero-order valence-electron chi connectivity index (χ0n) is 14.2. The van der Waals surface area contributed by atoms with Gasteiger partial charge in [0.1, 0.15) is 11.9 Å². The number of fused-ring (bicyclic) bond motifs is 1. The van der Waals surface area contributed by atoms with Gasteiger partial charge in [0.05, 0.1) is 0 Å². The lowest BCUT2D eigenvalue weighted by atomic mass is 9.99. The number of carbonyl (C=O) groups is 1. The third kappa shape index (κ3) is 4.35. The highest BCUT2D eigenvalue weighted by molar-refractivity contribution is 5.91. The van der Waals surface area contributed by atoms with Gasteiger partial charge in [-0.05, 0) is 55.9 Å². The van der Waals surface area contributed by atoms with Crippen LogP contribution in [0, 0.1) is 0 Å². The van der Waals surface area contributed by atoms with Crippen molar-refractivity contribution in [1.29, 1.82) is 0 Å². The fourth-order valence-corrected chi connectivity index (χ4v) is 3.23. The SMILES string of the molecule is CC(=O)/C=C/c1cccc2c1C[C@@H](CCCCc1ccccc1)O2. The van der Waals surface area contributed by atoms with Crippen molar-refractivity contribution < 1.29 is 9.53 Å². The van der Waals surface area contributed by atoms with Crippen molar-refractivity contribution in [2.24, 2.45) is 0 Å². The quantitative estimate of drug-likeness (QED) is 0.530. The maximum absolute atomic E-state index is 11.2. The van der Waals surface area contributed by atoms with E-state index in [1.807, 2.05) is 18.2 Å². The zero-order valence-corrected chi connectivity index (χ0v) is 14.2. The molecule has 2 aromatic carbocycles. The third-order valence-corrected chi connectivity index (χ3v) is 4.48. The zero-order chi connectivity index (χ0) is 16.8. The van der Waals surface area contributed by atoms with Crippen LogP contribution in [0.5, 0.6) is 5.75 Å². The molecule has 2 heteroatoms. The van der Waals surface area contributed by atoms with Gasteiger partial charge in [0.25, 0.3) is 0 Å². The molecule has 2 aromatic rings. The van der Waals surface area contributed by atoms with E-state index in [4.69, 9.17) is 4.74 Å². The van der Waals surface area contributed by atoms with Crippen LogP contribution >= 0.6 is 0 Å². The monoisotopic (exact) mass is 320 g/mol. The van der Waals surface area contributed by atoms with Gasteiger partial charge in [-0.1, -0.05) is 48.5 Å². The maximum Gasteiger partial charge on any atom is 0.152 e. The highest BCUT2D eigenvalue weighted by atomic mass is 16.5. The Bertz CT molecular complexity index is 716. The summed E-state index contributed by atoms with van der Waals surface area (Å²) in [5.74, 6) is 1.05. The molecule has 0 aliphatic carbocycles. The first kappa shape index (κ1) is 16.5. The minimum atomic E-state index is 0.0731.